The Morgan fingerprint density at radius 1 is 1.32 bits per heavy atom. The number of halogens is 2. The van der Waals surface area contributed by atoms with Gasteiger partial charge in [0.2, 0.25) is 0 Å². The van der Waals surface area contributed by atoms with Crippen molar-refractivity contribution in [2.24, 2.45) is 0 Å². The number of hydrogen-bond donors (Lipinski definition) is 0. The van der Waals surface area contributed by atoms with Gasteiger partial charge >= 0.3 is 0 Å². The number of likely N-dealkylation sites (tertiary alicyclic amines) is 1. The molecule has 2 rings (SSSR count). The lowest BCUT2D eigenvalue weighted by molar-refractivity contribution is -0.136. The van der Waals surface area contributed by atoms with E-state index in [1.807, 2.05) is 18.7 Å². The molecule has 0 radical (unpaired) electrons. The van der Waals surface area contributed by atoms with Gasteiger partial charge in [-0.05, 0) is 44.9 Å². The smallest absolute Gasteiger partial charge is 0.260 e. The van der Waals surface area contributed by atoms with E-state index < -0.39 is 0 Å². The Balaban J connectivity index is 1.79. The zero-order valence-corrected chi connectivity index (χ0v) is 14.4. The van der Waals surface area contributed by atoms with Crippen LogP contribution in [0.15, 0.2) is 18.2 Å². The molecular formula is C16H21Cl2NO3. The summed E-state index contributed by atoms with van der Waals surface area (Å²) in [4.78, 5) is 14.0. The van der Waals surface area contributed by atoms with Gasteiger partial charge in [-0.15, -0.1) is 0 Å². The zero-order chi connectivity index (χ0) is 16.1. The molecule has 0 bridgehead atoms. The van der Waals surface area contributed by atoms with E-state index in [4.69, 9.17) is 32.7 Å². The fraction of sp³-hybridized carbons (Fsp3) is 0.562. The van der Waals surface area contributed by atoms with Crippen molar-refractivity contribution in [1.29, 1.82) is 0 Å². The fourth-order valence-electron chi connectivity index (χ4n) is 2.45. The highest BCUT2D eigenvalue weighted by Crippen LogP contribution is 2.27. The minimum Gasteiger partial charge on any atom is -0.482 e. The van der Waals surface area contributed by atoms with E-state index in [2.05, 4.69) is 0 Å². The van der Waals surface area contributed by atoms with Crippen molar-refractivity contribution in [3.63, 3.8) is 0 Å². The SMILES string of the molecule is CC(C)OC1CCN(C(=O)COc2ccc(Cl)cc2Cl)CC1. The number of hydrogen-bond acceptors (Lipinski definition) is 3. The molecule has 1 aliphatic rings. The molecule has 22 heavy (non-hydrogen) atoms. The van der Waals surface area contributed by atoms with Crippen molar-refractivity contribution in [3.8, 4) is 5.75 Å². The average molecular weight is 346 g/mol. The van der Waals surface area contributed by atoms with Crippen LogP contribution in [-0.4, -0.2) is 42.7 Å². The van der Waals surface area contributed by atoms with Crippen LogP contribution in [-0.2, 0) is 9.53 Å². The summed E-state index contributed by atoms with van der Waals surface area (Å²) in [7, 11) is 0. The molecule has 0 saturated carbocycles. The predicted molar refractivity (Wildman–Crippen MR) is 87.8 cm³/mol. The molecule has 0 unspecified atom stereocenters. The molecule has 0 aliphatic carbocycles. The van der Waals surface area contributed by atoms with Crippen molar-refractivity contribution >= 4 is 29.1 Å². The molecule has 1 aromatic carbocycles. The Labute approximate surface area is 141 Å². The monoisotopic (exact) mass is 345 g/mol. The van der Waals surface area contributed by atoms with Crippen LogP contribution in [0.1, 0.15) is 26.7 Å². The maximum absolute atomic E-state index is 12.2. The van der Waals surface area contributed by atoms with Crippen LogP contribution in [0.25, 0.3) is 0 Å². The average Bonchev–Trinajstić information content (AvgIpc) is 2.46. The summed E-state index contributed by atoms with van der Waals surface area (Å²) >= 11 is 11.8. The van der Waals surface area contributed by atoms with E-state index >= 15 is 0 Å². The minimum atomic E-state index is -0.0333. The quantitative estimate of drug-likeness (QED) is 0.814. The first kappa shape index (κ1) is 17.4. The number of amides is 1. The largest absolute Gasteiger partial charge is 0.482 e. The van der Waals surface area contributed by atoms with Crippen LogP contribution in [0.3, 0.4) is 0 Å². The van der Waals surface area contributed by atoms with Gasteiger partial charge in [0.15, 0.2) is 6.61 Å². The Hall–Kier alpha value is -0.970. The number of ether oxygens (including phenoxy) is 2. The highest BCUT2D eigenvalue weighted by atomic mass is 35.5. The van der Waals surface area contributed by atoms with E-state index in [-0.39, 0.29) is 24.7 Å². The van der Waals surface area contributed by atoms with Crippen LogP contribution in [0.2, 0.25) is 10.0 Å². The standard InChI is InChI=1S/C16H21Cl2NO3/c1-11(2)22-13-5-7-19(8-6-13)16(20)10-21-15-4-3-12(17)9-14(15)18/h3-4,9,11,13H,5-8,10H2,1-2H3. The van der Waals surface area contributed by atoms with Crippen molar-refractivity contribution in [2.45, 2.75) is 38.9 Å². The molecule has 1 amide bonds. The molecule has 0 atom stereocenters. The molecule has 1 aromatic rings. The predicted octanol–water partition coefficient (Wildman–Crippen LogP) is 3.79. The Morgan fingerprint density at radius 2 is 2.00 bits per heavy atom. The lowest BCUT2D eigenvalue weighted by Crippen LogP contribution is -2.43. The highest BCUT2D eigenvalue weighted by molar-refractivity contribution is 6.35. The summed E-state index contributed by atoms with van der Waals surface area (Å²) in [5, 5.41) is 0.945. The number of piperidine rings is 1. The van der Waals surface area contributed by atoms with E-state index in [9.17, 15) is 4.79 Å². The number of carbonyl (C=O) groups is 1. The highest BCUT2D eigenvalue weighted by Gasteiger charge is 2.24. The summed E-state index contributed by atoms with van der Waals surface area (Å²) < 4.78 is 11.3. The summed E-state index contributed by atoms with van der Waals surface area (Å²) in [5.41, 5.74) is 0. The lowest BCUT2D eigenvalue weighted by atomic mass is 10.1. The van der Waals surface area contributed by atoms with Crippen molar-refractivity contribution in [1.82, 2.24) is 4.90 Å². The number of benzene rings is 1. The summed E-state index contributed by atoms with van der Waals surface area (Å²) in [6, 6.07) is 4.94. The van der Waals surface area contributed by atoms with Crippen LogP contribution in [0.4, 0.5) is 0 Å². The minimum absolute atomic E-state index is 0.0168. The molecule has 1 fully saturated rings. The van der Waals surface area contributed by atoms with Gasteiger partial charge in [-0.2, -0.15) is 0 Å². The summed E-state index contributed by atoms with van der Waals surface area (Å²) in [6.45, 7) is 5.45. The third-order valence-electron chi connectivity index (χ3n) is 3.50. The van der Waals surface area contributed by atoms with Crippen LogP contribution < -0.4 is 4.74 Å². The molecular weight excluding hydrogens is 325 g/mol. The van der Waals surface area contributed by atoms with Gasteiger partial charge in [-0.3, -0.25) is 4.79 Å². The summed E-state index contributed by atoms with van der Waals surface area (Å²) in [5.74, 6) is 0.437. The molecule has 0 spiro atoms. The zero-order valence-electron chi connectivity index (χ0n) is 12.9. The van der Waals surface area contributed by atoms with Gasteiger partial charge in [-0.25, -0.2) is 0 Å². The van der Waals surface area contributed by atoms with Crippen molar-refractivity contribution in [3.05, 3.63) is 28.2 Å². The van der Waals surface area contributed by atoms with Crippen molar-refractivity contribution in [2.75, 3.05) is 19.7 Å². The molecule has 6 heteroatoms. The van der Waals surface area contributed by atoms with Crippen LogP contribution in [0.5, 0.6) is 5.75 Å². The second-order valence-corrected chi connectivity index (χ2v) is 6.47. The second-order valence-electron chi connectivity index (χ2n) is 5.63. The van der Waals surface area contributed by atoms with Gasteiger partial charge in [-0.1, -0.05) is 23.2 Å². The van der Waals surface area contributed by atoms with Gasteiger partial charge in [0.25, 0.3) is 5.91 Å². The third kappa shape index (κ3) is 5.04. The molecule has 0 aromatic heterocycles. The topological polar surface area (TPSA) is 38.8 Å². The Morgan fingerprint density at radius 3 is 2.59 bits per heavy atom. The fourth-order valence-corrected chi connectivity index (χ4v) is 2.91. The molecule has 1 saturated heterocycles. The molecule has 1 heterocycles. The first-order chi connectivity index (χ1) is 10.5. The molecule has 4 nitrogen and oxygen atoms in total. The number of nitrogens with zero attached hydrogens (tertiary/aromatic N) is 1. The first-order valence-electron chi connectivity index (χ1n) is 7.47. The van der Waals surface area contributed by atoms with E-state index in [0.29, 0.717) is 28.9 Å². The van der Waals surface area contributed by atoms with Crippen LogP contribution in [0, 0.1) is 0 Å². The van der Waals surface area contributed by atoms with Gasteiger partial charge in [0.1, 0.15) is 5.75 Å². The van der Waals surface area contributed by atoms with E-state index in [1.54, 1.807) is 18.2 Å². The molecule has 122 valence electrons. The lowest BCUT2D eigenvalue weighted by Gasteiger charge is -2.32. The van der Waals surface area contributed by atoms with E-state index in [1.165, 1.54) is 0 Å². The maximum atomic E-state index is 12.2. The first-order valence-corrected chi connectivity index (χ1v) is 8.22. The van der Waals surface area contributed by atoms with Gasteiger partial charge < -0.3 is 14.4 Å². The Bertz CT molecular complexity index is 514. The molecule has 0 N–H and O–H groups in total. The van der Waals surface area contributed by atoms with E-state index in [0.717, 1.165) is 12.8 Å². The van der Waals surface area contributed by atoms with Gasteiger partial charge in [0, 0.05) is 18.1 Å². The second kappa shape index (κ2) is 8.04. The normalized spacial score (nSPS) is 16.1. The molecule has 1 aliphatic heterocycles. The Kier molecular flexibility index (Phi) is 6.36. The third-order valence-corrected chi connectivity index (χ3v) is 4.03. The number of carbonyl (C=O) groups excluding carboxylic acids is 1. The van der Waals surface area contributed by atoms with Crippen molar-refractivity contribution < 1.29 is 14.3 Å². The van der Waals surface area contributed by atoms with Crippen LogP contribution >= 0.6 is 23.2 Å². The maximum Gasteiger partial charge on any atom is 0.260 e. The van der Waals surface area contributed by atoms with Gasteiger partial charge in [0.05, 0.1) is 17.2 Å². The number of rotatable bonds is 5. The summed E-state index contributed by atoms with van der Waals surface area (Å²) in [6.07, 6.45) is 2.20.